The highest BCUT2D eigenvalue weighted by Crippen LogP contribution is 2.42. The molecule has 1 amide bonds. The van der Waals surface area contributed by atoms with Crippen molar-refractivity contribution >= 4 is 17.4 Å². The van der Waals surface area contributed by atoms with Crippen LogP contribution in [0, 0.1) is 6.92 Å². The third-order valence-electron chi connectivity index (χ3n) is 5.29. The van der Waals surface area contributed by atoms with Crippen LogP contribution in [-0.4, -0.2) is 16.8 Å². The second kappa shape index (κ2) is 8.48. The summed E-state index contributed by atoms with van der Waals surface area (Å²) in [5.41, 5.74) is 2.46. The Morgan fingerprint density at radius 3 is 2.32 bits per heavy atom. The maximum Gasteiger partial charge on any atom is 0.294 e. The third kappa shape index (κ3) is 3.94. The van der Waals surface area contributed by atoms with Crippen LogP contribution in [0.1, 0.15) is 30.5 Å². The number of nitrogens with zero attached hydrogens (tertiary/aromatic N) is 1. The standard InChI is InChI=1S/C26H23NO4/c1-3-22(28)23-24(27(26(30)25(23)29)19-14-12-17(2)13-15-19)18-8-7-11-21(16-18)31-20-9-5-4-6-10-20/h4-16,24,29H,3H2,1-2H3. The summed E-state index contributed by atoms with van der Waals surface area (Å²) in [5, 5.41) is 10.6. The number of ketones is 1. The number of anilines is 1. The molecule has 1 aliphatic heterocycles. The smallest absolute Gasteiger partial charge is 0.294 e. The van der Waals surface area contributed by atoms with Crippen molar-refractivity contribution in [2.45, 2.75) is 26.3 Å². The normalized spacial score (nSPS) is 16.0. The molecule has 0 aliphatic carbocycles. The number of para-hydroxylation sites is 1. The summed E-state index contributed by atoms with van der Waals surface area (Å²) in [6.45, 7) is 3.67. The van der Waals surface area contributed by atoms with E-state index in [1.165, 1.54) is 4.90 Å². The molecule has 0 radical (unpaired) electrons. The van der Waals surface area contributed by atoms with Crippen molar-refractivity contribution < 1.29 is 19.4 Å². The SMILES string of the molecule is CCC(=O)C1=C(O)C(=O)N(c2ccc(C)cc2)C1c1cccc(Oc2ccccc2)c1. The lowest BCUT2D eigenvalue weighted by Gasteiger charge is -2.27. The number of carbonyl (C=O) groups is 2. The lowest BCUT2D eigenvalue weighted by molar-refractivity contribution is -0.118. The van der Waals surface area contributed by atoms with E-state index in [0.29, 0.717) is 22.7 Å². The molecule has 0 aromatic heterocycles. The maximum atomic E-state index is 13.0. The molecule has 5 heteroatoms. The van der Waals surface area contributed by atoms with Crippen molar-refractivity contribution in [2.75, 3.05) is 4.90 Å². The molecule has 3 aromatic carbocycles. The fourth-order valence-corrected chi connectivity index (χ4v) is 3.74. The molecule has 1 aliphatic rings. The van der Waals surface area contributed by atoms with Gasteiger partial charge in [-0.2, -0.15) is 0 Å². The Labute approximate surface area is 181 Å². The highest BCUT2D eigenvalue weighted by Gasteiger charge is 2.43. The molecule has 0 saturated carbocycles. The first-order valence-corrected chi connectivity index (χ1v) is 10.2. The molecule has 1 N–H and O–H groups in total. The van der Waals surface area contributed by atoms with Crippen molar-refractivity contribution in [1.29, 1.82) is 0 Å². The molecule has 0 bridgehead atoms. The van der Waals surface area contributed by atoms with Gasteiger partial charge in [0.1, 0.15) is 11.5 Å². The van der Waals surface area contributed by atoms with Crippen molar-refractivity contribution in [1.82, 2.24) is 0 Å². The molecule has 1 unspecified atom stereocenters. The van der Waals surface area contributed by atoms with Gasteiger partial charge in [0.2, 0.25) is 0 Å². The Bertz CT molecular complexity index is 1150. The third-order valence-corrected chi connectivity index (χ3v) is 5.29. The van der Waals surface area contributed by atoms with Gasteiger partial charge in [0.25, 0.3) is 5.91 Å². The molecule has 0 saturated heterocycles. The Morgan fingerprint density at radius 1 is 0.968 bits per heavy atom. The van der Waals surface area contributed by atoms with Crippen LogP contribution in [0.2, 0.25) is 0 Å². The van der Waals surface area contributed by atoms with Crippen molar-refractivity contribution in [2.24, 2.45) is 0 Å². The summed E-state index contributed by atoms with van der Waals surface area (Å²) in [5.74, 6) is -0.0813. The number of ether oxygens (including phenoxy) is 1. The molecule has 1 atom stereocenters. The van der Waals surface area contributed by atoms with E-state index in [2.05, 4.69) is 0 Å². The molecule has 1 heterocycles. The number of aryl methyl sites for hydroxylation is 1. The number of aliphatic hydroxyl groups excluding tert-OH is 1. The Kier molecular flexibility index (Phi) is 5.58. The number of Topliss-reactive ketones (excluding diaryl/α,β-unsaturated/α-hetero) is 1. The Balaban J connectivity index is 1.79. The summed E-state index contributed by atoms with van der Waals surface area (Å²) in [4.78, 5) is 27.2. The quantitative estimate of drug-likeness (QED) is 0.566. The van der Waals surface area contributed by atoms with E-state index in [0.717, 1.165) is 5.56 Å². The Morgan fingerprint density at radius 2 is 1.65 bits per heavy atom. The van der Waals surface area contributed by atoms with E-state index in [1.807, 2.05) is 79.7 Å². The predicted molar refractivity (Wildman–Crippen MR) is 119 cm³/mol. The van der Waals surface area contributed by atoms with E-state index in [-0.39, 0.29) is 17.8 Å². The molecule has 31 heavy (non-hydrogen) atoms. The van der Waals surface area contributed by atoms with Gasteiger partial charge in [0.05, 0.1) is 11.6 Å². The maximum absolute atomic E-state index is 13.0. The van der Waals surface area contributed by atoms with Gasteiger partial charge in [0.15, 0.2) is 11.5 Å². The van der Waals surface area contributed by atoms with E-state index < -0.39 is 17.7 Å². The van der Waals surface area contributed by atoms with Crippen LogP contribution in [0.4, 0.5) is 5.69 Å². The summed E-state index contributed by atoms with van der Waals surface area (Å²) in [7, 11) is 0. The summed E-state index contributed by atoms with van der Waals surface area (Å²) < 4.78 is 5.94. The first kappa shape index (κ1) is 20.4. The minimum atomic E-state index is -0.734. The van der Waals surface area contributed by atoms with Gasteiger partial charge in [0, 0.05) is 12.1 Å². The van der Waals surface area contributed by atoms with E-state index >= 15 is 0 Å². The van der Waals surface area contributed by atoms with Crippen LogP contribution in [0.15, 0.2) is 90.2 Å². The first-order valence-electron chi connectivity index (χ1n) is 10.2. The second-order valence-electron chi connectivity index (χ2n) is 7.44. The number of aliphatic hydroxyl groups is 1. The topological polar surface area (TPSA) is 66.8 Å². The van der Waals surface area contributed by atoms with E-state index in [9.17, 15) is 14.7 Å². The molecule has 3 aromatic rings. The minimum absolute atomic E-state index is 0.116. The van der Waals surface area contributed by atoms with E-state index in [1.54, 1.807) is 13.0 Å². The summed E-state index contributed by atoms with van der Waals surface area (Å²) in [6, 6.07) is 23.3. The van der Waals surface area contributed by atoms with Crippen molar-refractivity contribution in [3.63, 3.8) is 0 Å². The van der Waals surface area contributed by atoms with E-state index in [4.69, 9.17) is 4.74 Å². The van der Waals surface area contributed by atoms with Crippen LogP contribution < -0.4 is 9.64 Å². The molecular weight excluding hydrogens is 390 g/mol. The molecule has 0 fully saturated rings. The monoisotopic (exact) mass is 413 g/mol. The molecule has 0 spiro atoms. The zero-order valence-electron chi connectivity index (χ0n) is 17.4. The van der Waals surface area contributed by atoms with Crippen LogP contribution >= 0.6 is 0 Å². The molecule has 4 rings (SSSR count). The number of amides is 1. The molecule has 5 nitrogen and oxygen atoms in total. The van der Waals surface area contributed by atoms with Gasteiger partial charge in [-0.3, -0.25) is 14.5 Å². The average Bonchev–Trinajstić information content (AvgIpc) is 3.05. The van der Waals surface area contributed by atoms with Gasteiger partial charge in [-0.15, -0.1) is 0 Å². The van der Waals surface area contributed by atoms with Gasteiger partial charge >= 0.3 is 0 Å². The first-order chi connectivity index (χ1) is 15.0. The Hall–Kier alpha value is -3.86. The number of carbonyl (C=O) groups excluding carboxylic acids is 2. The number of rotatable bonds is 6. The highest BCUT2D eigenvalue weighted by atomic mass is 16.5. The zero-order valence-corrected chi connectivity index (χ0v) is 17.4. The van der Waals surface area contributed by atoms with Crippen LogP contribution in [0.5, 0.6) is 11.5 Å². The number of hydrogen-bond acceptors (Lipinski definition) is 4. The largest absolute Gasteiger partial charge is 0.503 e. The fraction of sp³-hybridized carbons (Fsp3) is 0.154. The van der Waals surface area contributed by atoms with Gasteiger partial charge in [-0.05, 0) is 48.9 Å². The van der Waals surface area contributed by atoms with Gasteiger partial charge in [-0.25, -0.2) is 0 Å². The summed E-state index contributed by atoms with van der Waals surface area (Å²) >= 11 is 0. The van der Waals surface area contributed by atoms with Crippen LogP contribution in [-0.2, 0) is 9.59 Å². The second-order valence-corrected chi connectivity index (χ2v) is 7.44. The lowest BCUT2D eigenvalue weighted by atomic mass is 9.94. The zero-order chi connectivity index (χ0) is 22.0. The summed E-state index contributed by atoms with van der Waals surface area (Å²) in [6.07, 6.45) is 0.186. The highest BCUT2D eigenvalue weighted by molar-refractivity contribution is 6.16. The fourth-order valence-electron chi connectivity index (χ4n) is 3.74. The van der Waals surface area contributed by atoms with Crippen LogP contribution in [0.3, 0.4) is 0 Å². The molecule has 156 valence electrons. The van der Waals surface area contributed by atoms with Gasteiger partial charge in [-0.1, -0.05) is 55.0 Å². The average molecular weight is 413 g/mol. The van der Waals surface area contributed by atoms with Crippen molar-refractivity contribution in [3.8, 4) is 11.5 Å². The molecular formula is C26H23NO4. The number of hydrogen-bond donors (Lipinski definition) is 1. The van der Waals surface area contributed by atoms with Gasteiger partial charge < -0.3 is 9.84 Å². The van der Waals surface area contributed by atoms with Crippen molar-refractivity contribution in [3.05, 3.63) is 101 Å². The van der Waals surface area contributed by atoms with Crippen LogP contribution in [0.25, 0.3) is 0 Å². The number of benzene rings is 3. The lowest BCUT2D eigenvalue weighted by Crippen LogP contribution is -2.31. The minimum Gasteiger partial charge on any atom is -0.503 e. The predicted octanol–water partition coefficient (Wildman–Crippen LogP) is 5.67.